The van der Waals surface area contributed by atoms with Gasteiger partial charge in [-0.2, -0.15) is 9.97 Å². The Labute approximate surface area is 121 Å². The van der Waals surface area contributed by atoms with Crippen molar-refractivity contribution >= 4 is 11.9 Å². The van der Waals surface area contributed by atoms with Crippen molar-refractivity contribution in [3.05, 3.63) is 29.8 Å². The van der Waals surface area contributed by atoms with E-state index < -0.39 is 5.91 Å². The molecule has 0 atom stereocenters. The molecule has 0 aliphatic carbocycles. The standard InChI is InChI=1S/C13H15N5O3/c1-3-15-11-16-12(20-2)18-13(17-11)21-9-7-5-4-6-8(9)10(14)19/h4-7H,3H2,1-2H3,(H2,14,19)(H,15,16,17,18). The Morgan fingerprint density at radius 2 is 1.95 bits per heavy atom. The molecule has 110 valence electrons. The van der Waals surface area contributed by atoms with Gasteiger partial charge in [0.25, 0.3) is 5.91 Å². The van der Waals surface area contributed by atoms with Gasteiger partial charge in [-0.25, -0.2) is 0 Å². The van der Waals surface area contributed by atoms with Crippen molar-refractivity contribution in [3.63, 3.8) is 0 Å². The number of anilines is 1. The molecular formula is C13H15N5O3. The van der Waals surface area contributed by atoms with Crippen molar-refractivity contribution in [3.8, 4) is 17.8 Å². The second-order valence-corrected chi connectivity index (χ2v) is 3.92. The van der Waals surface area contributed by atoms with Crippen LogP contribution in [-0.2, 0) is 0 Å². The molecule has 2 aromatic rings. The monoisotopic (exact) mass is 289 g/mol. The van der Waals surface area contributed by atoms with Gasteiger partial charge in [0.05, 0.1) is 12.7 Å². The van der Waals surface area contributed by atoms with Gasteiger partial charge in [-0.05, 0) is 19.1 Å². The first-order valence-electron chi connectivity index (χ1n) is 6.24. The summed E-state index contributed by atoms with van der Waals surface area (Å²) < 4.78 is 10.5. The van der Waals surface area contributed by atoms with E-state index in [0.29, 0.717) is 12.5 Å². The van der Waals surface area contributed by atoms with Crippen LogP contribution in [0.5, 0.6) is 17.8 Å². The number of nitrogens with zero attached hydrogens (tertiary/aromatic N) is 3. The van der Waals surface area contributed by atoms with Crippen LogP contribution in [0, 0.1) is 0 Å². The van der Waals surface area contributed by atoms with Crippen LogP contribution in [0.3, 0.4) is 0 Å². The van der Waals surface area contributed by atoms with E-state index >= 15 is 0 Å². The van der Waals surface area contributed by atoms with Crippen LogP contribution in [0.25, 0.3) is 0 Å². The number of hydrogen-bond acceptors (Lipinski definition) is 7. The van der Waals surface area contributed by atoms with Crippen LogP contribution in [0.1, 0.15) is 17.3 Å². The number of aromatic nitrogens is 3. The van der Waals surface area contributed by atoms with Gasteiger partial charge in [-0.1, -0.05) is 12.1 Å². The summed E-state index contributed by atoms with van der Waals surface area (Å²) in [5.41, 5.74) is 5.53. The van der Waals surface area contributed by atoms with E-state index in [4.69, 9.17) is 15.2 Å². The topological polar surface area (TPSA) is 112 Å². The van der Waals surface area contributed by atoms with E-state index in [9.17, 15) is 4.79 Å². The summed E-state index contributed by atoms with van der Waals surface area (Å²) in [4.78, 5) is 23.4. The highest BCUT2D eigenvalue weighted by Crippen LogP contribution is 2.24. The van der Waals surface area contributed by atoms with Gasteiger partial charge in [-0.3, -0.25) is 4.79 Å². The number of rotatable bonds is 6. The zero-order chi connectivity index (χ0) is 15.2. The molecule has 1 amide bonds. The number of benzene rings is 1. The molecule has 21 heavy (non-hydrogen) atoms. The number of para-hydroxylation sites is 1. The Hall–Kier alpha value is -2.90. The van der Waals surface area contributed by atoms with Gasteiger partial charge in [-0.15, -0.1) is 4.98 Å². The van der Waals surface area contributed by atoms with E-state index in [1.165, 1.54) is 7.11 Å². The maximum Gasteiger partial charge on any atom is 0.330 e. The lowest BCUT2D eigenvalue weighted by atomic mass is 10.2. The molecular weight excluding hydrogens is 274 g/mol. The van der Waals surface area contributed by atoms with Crippen LogP contribution in [0.15, 0.2) is 24.3 Å². The third kappa shape index (κ3) is 3.56. The maximum atomic E-state index is 11.4. The summed E-state index contributed by atoms with van der Waals surface area (Å²) in [6.45, 7) is 2.53. The summed E-state index contributed by atoms with van der Waals surface area (Å²) in [6, 6.07) is 6.67. The van der Waals surface area contributed by atoms with Crippen molar-refractivity contribution in [2.75, 3.05) is 19.0 Å². The number of primary amides is 1. The lowest BCUT2D eigenvalue weighted by Crippen LogP contribution is -2.12. The van der Waals surface area contributed by atoms with Crippen LogP contribution < -0.4 is 20.5 Å². The zero-order valence-electron chi connectivity index (χ0n) is 11.7. The number of methoxy groups -OCH3 is 1. The predicted molar refractivity (Wildman–Crippen MR) is 75.6 cm³/mol. The molecule has 0 aliphatic heterocycles. The SMILES string of the molecule is CCNc1nc(OC)nc(Oc2ccccc2C(N)=O)n1. The van der Waals surface area contributed by atoms with Gasteiger partial charge in [0.1, 0.15) is 5.75 Å². The number of carbonyl (C=O) groups is 1. The molecule has 0 fully saturated rings. The van der Waals surface area contributed by atoms with E-state index in [0.717, 1.165) is 0 Å². The van der Waals surface area contributed by atoms with Crippen molar-refractivity contribution < 1.29 is 14.3 Å². The number of ether oxygens (including phenoxy) is 2. The third-order valence-corrected chi connectivity index (χ3v) is 2.47. The smallest absolute Gasteiger partial charge is 0.330 e. The molecule has 8 nitrogen and oxygen atoms in total. The van der Waals surface area contributed by atoms with Crippen molar-refractivity contribution in [2.45, 2.75) is 6.92 Å². The van der Waals surface area contributed by atoms with E-state index in [1.54, 1.807) is 24.3 Å². The van der Waals surface area contributed by atoms with Crippen LogP contribution in [0.2, 0.25) is 0 Å². The summed E-state index contributed by atoms with van der Waals surface area (Å²) in [5.74, 6) is -0.0184. The normalized spacial score (nSPS) is 10.0. The molecule has 2 rings (SSSR count). The largest absolute Gasteiger partial charge is 0.467 e. The summed E-state index contributed by atoms with van der Waals surface area (Å²) >= 11 is 0. The zero-order valence-corrected chi connectivity index (χ0v) is 11.7. The van der Waals surface area contributed by atoms with Crippen LogP contribution >= 0.6 is 0 Å². The average Bonchev–Trinajstić information content (AvgIpc) is 2.47. The van der Waals surface area contributed by atoms with Gasteiger partial charge >= 0.3 is 12.0 Å². The minimum atomic E-state index is -0.599. The molecule has 0 bridgehead atoms. The van der Waals surface area contributed by atoms with Gasteiger partial charge in [0.15, 0.2) is 0 Å². The highest BCUT2D eigenvalue weighted by molar-refractivity contribution is 5.95. The molecule has 0 radical (unpaired) electrons. The molecule has 0 spiro atoms. The molecule has 0 saturated heterocycles. The first-order chi connectivity index (χ1) is 10.1. The fraction of sp³-hybridized carbons (Fsp3) is 0.231. The second kappa shape index (κ2) is 6.51. The first kappa shape index (κ1) is 14.5. The molecule has 3 N–H and O–H groups in total. The molecule has 1 heterocycles. The number of hydrogen-bond donors (Lipinski definition) is 2. The van der Waals surface area contributed by atoms with E-state index in [1.807, 2.05) is 6.92 Å². The fourth-order valence-corrected chi connectivity index (χ4v) is 1.57. The first-order valence-corrected chi connectivity index (χ1v) is 6.24. The van der Waals surface area contributed by atoms with Crippen molar-refractivity contribution in [1.29, 1.82) is 0 Å². The maximum absolute atomic E-state index is 11.4. The molecule has 0 saturated carbocycles. The Kier molecular flexibility index (Phi) is 4.50. The lowest BCUT2D eigenvalue weighted by molar-refractivity contribution is 0.0998. The molecule has 1 aromatic carbocycles. The fourth-order valence-electron chi connectivity index (χ4n) is 1.57. The summed E-state index contributed by atoms with van der Waals surface area (Å²) in [7, 11) is 1.44. The predicted octanol–water partition coefficient (Wildman–Crippen LogP) is 1.20. The molecule has 8 heteroatoms. The Morgan fingerprint density at radius 1 is 1.24 bits per heavy atom. The van der Waals surface area contributed by atoms with Gasteiger partial charge in [0, 0.05) is 6.54 Å². The molecule has 0 unspecified atom stereocenters. The average molecular weight is 289 g/mol. The lowest BCUT2D eigenvalue weighted by Gasteiger charge is -2.09. The van der Waals surface area contributed by atoms with Crippen molar-refractivity contribution in [2.24, 2.45) is 5.73 Å². The highest BCUT2D eigenvalue weighted by atomic mass is 16.5. The molecule has 1 aromatic heterocycles. The third-order valence-electron chi connectivity index (χ3n) is 2.47. The molecule has 0 aliphatic rings. The van der Waals surface area contributed by atoms with Gasteiger partial charge in [0.2, 0.25) is 5.95 Å². The quantitative estimate of drug-likeness (QED) is 0.821. The van der Waals surface area contributed by atoms with E-state index in [2.05, 4.69) is 20.3 Å². The minimum absolute atomic E-state index is 0.00602. The number of carbonyl (C=O) groups excluding carboxylic acids is 1. The van der Waals surface area contributed by atoms with Crippen LogP contribution in [-0.4, -0.2) is 34.5 Å². The van der Waals surface area contributed by atoms with E-state index in [-0.39, 0.29) is 23.3 Å². The Morgan fingerprint density at radius 3 is 2.62 bits per heavy atom. The number of nitrogens with one attached hydrogen (secondary N) is 1. The second-order valence-electron chi connectivity index (χ2n) is 3.92. The van der Waals surface area contributed by atoms with Gasteiger partial charge < -0.3 is 20.5 Å². The summed E-state index contributed by atoms with van der Waals surface area (Å²) in [6.07, 6.45) is 0. The Balaban J connectivity index is 2.35. The minimum Gasteiger partial charge on any atom is -0.467 e. The Bertz CT molecular complexity index is 647. The van der Waals surface area contributed by atoms with Crippen molar-refractivity contribution in [1.82, 2.24) is 15.0 Å². The number of nitrogens with two attached hydrogens (primary N) is 1. The highest BCUT2D eigenvalue weighted by Gasteiger charge is 2.13. The number of amides is 1. The summed E-state index contributed by atoms with van der Waals surface area (Å²) in [5, 5.41) is 2.93. The van der Waals surface area contributed by atoms with Crippen LogP contribution in [0.4, 0.5) is 5.95 Å².